The first-order valence-electron chi connectivity index (χ1n) is 12.1. The molecule has 2 aliphatic rings. The molecule has 0 bridgehead atoms. The van der Waals surface area contributed by atoms with Gasteiger partial charge in [-0.2, -0.15) is 26.3 Å². The van der Waals surface area contributed by atoms with Gasteiger partial charge in [0.15, 0.2) is 11.9 Å². The summed E-state index contributed by atoms with van der Waals surface area (Å²) in [7, 11) is 0. The summed E-state index contributed by atoms with van der Waals surface area (Å²) in [6.45, 7) is 2.49. The zero-order chi connectivity index (χ0) is 28.4. The average molecular weight is 554 g/mol. The largest absolute Gasteiger partial charge is 0.416 e. The van der Waals surface area contributed by atoms with Gasteiger partial charge in [-0.15, -0.1) is 0 Å². The summed E-state index contributed by atoms with van der Waals surface area (Å²) in [5, 5.41) is 25.4. The Kier molecular flexibility index (Phi) is 8.78. The molecule has 2 saturated heterocycles. The molecule has 0 radical (unpaired) electrons. The molecule has 14 heteroatoms. The number of carbonyl (C=O) groups excluding carboxylic acids is 3. The van der Waals surface area contributed by atoms with Crippen LogP contribution in [0.5, 0.6) is 0 Å². The van der Waals surface area contributed by atoms with Crippen LogP contribution in [0.2, 0.25) is 0 Å². The number of alkyl halides is 6. The second-order valence-electron chi connectivity index (χ2n) is 9.84. The smallest absolute Gasteiger partial charge is 0.382 e. The number of likely N-dealkylation sites (tertiary alicyclic amines) is 1. The van der Waals surface area contributed by atoms with Crippen molar-refractivity contribution in [2.45, 2.75) is 62.6 Å². The minimum absolute atomic E-state index is 0.0548. The van der Waals surface area contributed by atoms with E-state index >= 15 is 0 Å². The SMILES string of the molecule is O=C[C@@H](O)[C@@](O)(CCCCN1CCC2(CCNC2=O)CC1)C(=O)Nc1cc(C(F)(F)F)cc(C(F)(F)F)c1. The van der Waals surface area contributed by atoms with Crippen molar-refractivity contribution < 1.29 is 50.9 Å². The van der Waals surface area contributed by atoms with E-state index in [9.17, 15) is 50.9 Å². The number of hydrogen-bond donors (Lipinski definition) is 4. The van der Waals surface area contributed by atoms with Crippen LogP contribution in [0.15, 0.2) is 18.2 Å². The summed E-state index contributed by atoms with van der Waals surface area (Å²) in [6, 6.07) is 0.396. The molecule has 212 valence electrons. The average Bonchev–Trinajstić information content (AvgIpc) is 3.20. The molecule has 38 heavy (non-hydrogen) atoms. The first-order chi connectivity index (χ1) is 17.6. The van der Waals surface area contributed by atoms with Crippen LogP contribution in [0.25, 0.3) is 0 Å². The second-order valence-corrected chi connectivity index (χ2v) is 9.84. The maximum Gasteiger partial charge on any atom is 0.416 e. The topological polar surface area (TPSA) is 119 Å². The van der Waals surface area contributed by atoms with Crippen molar-refractivity contribution in [2.24, 2.45) is 5.41 Å². The van der Waals surface area contributed by atoms with Gasteiger partial charge in [-0.05, 0) is 76.4 Å². The molecule has 1 spiro atoms. The number of amides is 2. The van der Waals surface area contributed by atoms with Gasteiger partial charge in [0.2, 0.25) is 5.91 Å². The number of unbranched alkanes of at least 4 members (excludes halogenated alkanes) is 1. The molecule has 2 amide bonds. The number of piperidine rings is 1. The van der Waals surface area contributed by atoms with Crippen LogP contribution >= 0.6 is 0 Å². The lowest BCUT2D eigenvalue weighted by atomic mass is 9.77. The number of aliphatic hydroxyl groups excluding tert-OH is 1. The quantitative estimate of drug-likeness (QED) is 0.212. The zero-order valence-electron chi connectivity index (χ0n) is 20.3. The third-order valence-corrected chi connectivity index (χ3v) is 7.32. The summed E-state index contributed by atoms with van der Waals surface area (Å²) in [6.07, 6.45) is -10.5. The number of anilines is 1. The van der Waals surface area contributed by atoms with Crippen LogP contribution in [-0.4, -0.2) is 71.1 Å². The number of benzene rings is 1. The van der Waals surface area contributed by atoms with Crippen LogP contribution in [0.4, 0.5) is 32.0 Å². The van der Waals surface area contributed by atoms with Gasteiger partial charge in [-0.25, -0.2) is 0 Å². The van der Waals surface area contributed by atoms with E-state index in [1.807, 2.05) is 0 Å². The Balaban J connectivity index is 1.63. The summed E-state index contributed by atoms with van der Waals surface area (Å²) >= 11 is 0. The number of aldehydes is 1. The van der Waals surface area contributed by atoms with Gasteiger partial charge in [0.1, 0.15) is 6.10 Å². The highest BCUT2D eigenvalue weighted by atomic mass is 19.4. The second kappa shape index (κ2) is 11.2. The van der Waals surface area contributed by atoms with Gasteiger partial charge >= 0.3 is 12.4 Å². The summed E-state index contributed by atoms with van der Waals surface area (Å²) < 4.78 is 78.7. The molecule has 0 saturated carbocycles. The van der Waals surface area contributed by atoms with E-state index in [1.165, 1.54) is 0 Å². The molecule has 0 unspecified atom stereocenters. The van der Waals surface area contributed by atoms with Gasteiger partial charge in [0, 0.05) is 12.2 Å². The maximum atomic E-state index is 13.1. The van der Waals surface area contributed by atoms with Gasteiger partial charge in [-0.3, -0.25) is 9.59 Å². The molecular weight excluding hydrogens is 524 g/mol. The lowest BCUT2D eigenvalue weighted by Crippen LogP contribution is -2.53. The van der Waals surface area contributed by atoms with E-state index in [1.54, 1.807) is 5.32 Å². The van der Waals surface area contributed by atoms with E-state index in [2.05, 4.69) is 10.2 Å². The minimum Gasteiger partial charge on any atom is -0.382 e. The molecule has 8 nitrogen and oxygen atoms in total. The number of carbonyl (C=O) groups is 3. The molecule has 1 aromatic rings. The fourth-order valence-corrected chi connectivity index (χ4v) is 4.90. The van der Waals surface area contributed by atoms with Crippen molar-refractivity contribution in [1.82, 2.24) is 10.2 Å². The van der Waals surface area contributed by atoms with Crippen molar-refractivity contribution in [2.75, 3.05) is 31.5 Å². The number of aliphatic hydroxyl groups is 2. The van der Waals surface area contributed by atoms with Gasteiger partial charge in [0.25, 0.3) is 5.91 Å². The fraction of sp³-hybridized carbons (Fsp3) is 0.625. The lowest BCUT2D eigenvalue weighted by molar-refractivity contribution is -0.153. The van der Waals surface area contributed by atoms with E-state index in [0.717, 1.165) is 6.42 Å². The van der Waals surface area contributed by atoms with E-state index in [4.69, 9.17) is 0 Å². The van der Waals surface area contributed by atoms with Crippen molar-refractivity contribution in [3.05, 3.63) is 29.3 Å². The lowest BCUT2D eigenvalue weighted by Gasteiger charge is -2.37. The predicted octanol–water partition coefficient (Wildman–Crippen LogP) is 2.73. The summed E-state index contributed by atoms with van der Waals surface area (Å²) in [4.78, 5) is 38.1. The Morgan fingerprint density at radius 3 is 2.11 bits per heavy atom. The summed E-state index contributed by atoms with van der Waals surface area (Å²) in [5.74, 6) is -1.46. The Bertz CT molecular complexity index is 1010. The van der Waals surface area contributed by atoms with Crippen LogP contribution in [0.1, 0.15) is 49.7 Å². The summed E-state index contributed by atoms with van der Waals surface area (Å²) in [5.41, 5.74) is -7.41. The number of rotatable bonds is 9. The maximum absolute atomic E-state index is 13.1. The molecule has 2 fully saturated rings. The molecule has 0 aliphatic carbocycles. The molecule has 2 aliphatic heterocycles. The molecule has 0 aromatic heterocycles. The molecule has 4 N–H and O–H groups in total. The highest BCUT2D eigenvalue weighted by Gasteiger charge is 2.45. The number of nitrogens with one attached hydrogen (secondary N) is 2. The standard InChI is InChI=1S/C24H29F6N3O5/c25-23(26,27)15-11-16(24(28,29)30)13-17(12-15)32-20(37)22(38,18(35)14-34)3-1-2-8-33-9-5-21(6-10-33)4-7-31-19(21)36/h11-14,18,35,38H,1-10H2,(H,31,36)(H,32,37)/t18-,22+/m1/s1. The fourth-order valence-electron chi connectivity index (χ4n) is 4.90. The molecule has 2 atom stereocenters. The third kappa shape index (κ3) is 6.64. The van der Waals surface area contributed by atoms with Crippen molar-refractivity contribution in [3.8, 4) is 0 Å². The molecular formula is C24H29F6N3O5. The Morgan fingerprint density at radius 1 is 1.05 bits per heavy atom. The van der Waals surface area contributed by atoms with Crippen LogP contribution in [-0.2, 0) is 26.7 Å². The Labute approximate surface area is 214 Å². The highest BCUT2D eigenvalue weighted by Crippen LogP contribution is 2.39. The number of nitrogens with zero attached hydrogens (tertiary/aromatic N) is 1. The van der Waals surface area contributed by atoms with Gasteiger partial charge in [-0.1, -0.05) is 0 Å². The predicted molar refractivity (Wildman–Crippen MR) is 122 cm³/mol. The van der Waals surface area contributed by atoms with Crippen LogP contribution < -0.4 is 10.6 Å². The van der Waals surface area contributed by atoms with Crippen molar-refractivity contribution >= 4 is 23.8 Å². The van der Waals surface area contributed by atoms with E-state index in [-0.39, 0.29) is 42.2 Å². The van der Waals surface area contributed by atoms with Crippen LogP contribution in [0.3, 0.4) is 0 Å². The molecule has 3 rings (SSSR count). The number of halogens is 6. The molecule has 2 heterocycles. The zero-order valence-corrected chi connectivity index (χ0v) is 20.3. The normalized spacial score (nSPS) is 20.6. The monoisotopic (exact) mass is 553 g/mol. The van der Waals surface area contributed by atoms with Gasteiger partial charge < -0.3 is 30.5 Å². The van der Waals surface area contributed by atoms with E-state index < -0.39 is 53.2 Å². The Hall–Kier alpha value is -2.71. The van der Waals surface area contributed by atoms with E-state index in [0.29, 0.717) is 45.4 Å². The molecule has 1 aromatic carbocycles. The first-order valence-corrected chi connectivity index (χ1v) is 12.1. The highest BCUT2D eigenvalue weighted by molar-refractivity contribution is 5.99. The van der Waals surface area contributed by atoms with Crippen LogP contribution in [0, 0.1) is 5.41 Å². The third-order valence-electron chi connectivity index (χ3n) is 7.32. The first kappa shape index (κ1) is 29.8. The minimum atomic E-state index is -5.16. The Morgan fingerprint density at radius 2 is 1.63 bits per heavy atom. The van der Waals surface area contributed by atoms with Crippen molar-refractivity contribution in [3.63, 3.8) is 0 Å². The number of hydrogen-bond acceptors (Lipinski definition) is 6. The van der Waals surface area contributed by atoms with Crippen molar-refractivity contribution in [1.29, 1.82) is 0 Å². The van der Waals surface area contributed by atoms with Gasteiger partial charge in [0.05, 0.1) is 16.5 Å².